The van der Waals surface area contributed by atoms with Crippen molar-refractivity contribution >= 4 is 17.6 Å². The van der Waals surface area contributed by atoms with Crippen molar-refractivity contribution in [1.82, 2.24) is 19.7 Å². The molecule has 2 heterocycles. The first-order valence-electron chi connectivity index (χ1n) is 4.55. The second kappa shape index (κ2) is 3.95. The SMILES string of the molecule is CNc1nccc(Nc2ccn(C)n2)n1. The molecule has 2 N–H and O–H groups in total. The van der Waals surface area contributed by atoms with Gasteiger partial charge in [0.25, 0.3) is 0 Å². The van der Waals surface area contributed by atoms with Crippen LogP contribution in [-0.2, 0) is 7.05 Å². The van der Waals surface area contributed by atoms with E-state index in [0.29, 0.717) is 11.8 Å². The fourth-order valence-corrected chi connectivity index (χ4v) is 1.16. The van der Waals surface area contributed by atoms with Crippen molar-refractivity contribution in [2.24, 2.45) is 7.05 Å². The maximum Gasteiger partial charge on any atom is 0.224 e. The summed E-state index contributed by atoms with van der Waals surface area (Å²) in [5.41, 5.74) is 0. The molecular formula is C9H12N6. The highest BCUT2D eigenvalue weighted by Crippen LogP contribution is 2.11. The zero-order valence-corrected chi connectivity index (χ0v) is 8.60. The second-order valence-electron chi connectivity index (χ2n) is 3.02. The quantitative estimate of drug-likeness (QED) is 0.780. The van der Waals surface area contributed by atoms with Crippen LogP contribution in [0.25, 0.3) is 0 Å². The van der Waals surface area contributed by atoms with Crippen molar-refractivity contribution < 1.29 is 0 Å². The van der Waals surface area contributed by atoms with E-state index in [1.165, 1.54) is 0 Å². The number of aromatic nitrogens is 4. The first-order valence-corrected chi connectivity index (χ1v) is 4.55. The van der Waals surface area contributed by atoms with Gasteiger partial charge in [-0.3, -0.25) is 4.68 Å². The summed E-state index contributed by atoms with van der Waals surface area (Å²) >= 11 is 0. The number of hydrogen-bond acceptors (Lipinski definition) is 5. The molecule has 0 bridgehead atoms. The van der Waals surface area contributed by atoms with E-state index in [9.17, 15) is 0 Å². The molecule has 0 unspecified atom stereocenters. The highest BCUT2D eigenvalue weighted by Gasteiger charge is 1.99. The van der Waals surface area contributed by atoms with Crippen LogP contribution in [0.4, 0.5) is 17.6 Å². The lowest BCUT2D eigenvalue weighted by atomic mass is 10.5. The molecule has 0 aliphatic heterocycles. The predicted molar refractivity (Wildman–Crippen MR) is 58.1 cm³/mol. The summed E-state index contributed by atoms with van der Waals surface area (Å²) in [7, 11) is 3.64. The van der Waals surface area contributed by atoms with Crippen molar-refractivity contribution in [2.75, 3.05) is 17.7 Å². The largest absolute Gasteiger partial charge is 0.357 e. The molecule has 2 aromatic rings. The first-order chi connectivity index (χ1) is 7.28. The van der Waals surface area contributed by atoms with Gasteiger partial charge in [-0.15, -0.1) is 0 Å². The Morgan fingerprint density at radius 3 is 2.80 bits per heavy atom. The molecule has 0 saturated carbocycles. The number of nitrogens with zero attached hydrogens (tertiary/aromatic N) is 4. The van der Waals surface area contributed by atoms with Gasteiger partial charge in [-0.1, -0.05) is 0 Å². The number of anilines is 3. The third-order valence-electron chi connectivity index (χ3n) is 1.85. The molecule has 0 fully saturated rings. The summed E-state index contributed by atoms with van der Waals surface area (Å²) in [5.74, 6) is 2.06. The number of nitrogens with one attached hydrogen (secondary N) is 2. The minimum atomic E-state index is 0.580. The zero-order chi connectivity index (χ0) is 10.7. The average molecular weight is 204 g/mol. The molecule has 0 aromatic carbocycles. The van der Waals surface area contributed by atoms with Crippen molar-refractivity contribution in [3.05, 3.63) is 24.5 Å². The van der Waals surface area contributed by atoms with E-state index in [1.54, 1.807) is 24.0 Å². The summed E-state index contributed by atoms with van der Waals surface area (Å²) in [6.07, 6.45) is 3.55. The summed E-state index contributed by atoms with van der Waals surface area (Å²) < 4.78 is 1.72. The van der Waals surface area contributed by atoms with Gasteiger partial charge in [0.2, 0.25) is 5.95 Å². The van der Waals surface area contributed by atoms with Gasteiger partial charge in [-0.2, -0.15) is 10.1 Å². The zero-order valence-electron chi connectivity index (χ0n) is 8.60. The molecule has 15 heavy (non-hydrogen) atoms. The van der Waals surface area contributed by atoms with E-state index in [-0.39, 0.29) is 0 Å². The normalized spacial score (nSPS) is 10.0. The highest BCUT2D eigenvalue weighted by molar-refractivity contribution is 5.51. The summed E-state index contributed by atoms with van der Waals surface area (Å²) in [4.78, 5) is 8.23. The monoisotopic (exact) mass is 204 g/mol. The Morgan fingerprint density at radius 1 is 1.27 bits per heavy atom. The van der Waals surface area contributed by atoms with Crippen molar-refractivity contribution in [3.63, 3.8) is 0 Å². The summed E-state index contributed by atoms with van der Waals surface area (Å²) in [6, 6.07) is 3.66. The summed E-state index contributed by atoms with van der Waals surface area (Å²) in [5, 5.41) is 10.1. The molecular weight excluding hydrogens is 192 g/mol. The van der Waals surface area contributed by atoms with E-state index < -0.39 is 0 Å². The molecule has 78 valence electrons. The fourth-order valence-electron chi connectivity index (χ4n) is 1.16. The molecule has 0 saturated heterocycles. The van der Waals surface area contributed by atoms with E-state index in [0.717, 1.165) is 5.82 Å². The Kier molecular flexibility index (Phi) is 2.49. The van der Waals surface area contributed by atoms with Crippen molar-refractivity contribution in [2.45, 2.75) is 0 Å². The Bertz CT molecular complexity index is 449. The van der Waals surface area contributed by atoms with Gasteiger partial charge in [0, 0.05) is 32.6 Å². The highest BCUT2D eigenvalue weighted by atomic mass is 15.3. The van der Waals surface area contributed by atoms with Crippen LogP contribution < -0.4 is 10.6 Å². The summed E-state index contributed by atoms with van der Waals surface area (Å²) in [6.45, 7) is 0. The molecule has 0 aliphatic carbocycles. The van der Waals surface area contributed by atoms with Gasteiger partial charge in [0.05, 0.1) is 0 Å². The van der Waals surface area contributed by atoms with Crippen LogP contribution in [0.15, 0.2) is 24.5 Å². The smallest absolute Gasteiger partial charge is 0.224 e. The minimum absolute atomic E-state index is 0.580. The Balaban J connectivity index is 2.16. The number of aryl methyl sites for hydroxylation is 1. The Hall–Kier alpha value is -2.11. The molecule has 0 aliphatic rings. The Labute approximate surface area is 87.4 Å². The van der Waals surface area contributed by atoms with Crippen LogP contribution in [0.2, 0.25) is 0 Å². The van der Waals surface area contributed by atoms with E-state index in [1.807, 2.05) is 19.3 Å². The molecule has 0 atom stereocenters. The van der Waals surface area contributed by atoms with Crippen LogP contribution >= 0.6 is 0 Å². The van der Waals surface area contributed by atoms with Gasteiger partial charge < -0.3 is 10.6 Å². The average Bonchev–Trinajstić information content (AvgIpc) is 2.64. The maximum absolute atomic E-state index is 4.21. The maximum atomic E-state index is 4.21. The number of rotatable bonds is 3. The van der Waals surface area contributed by atoms with E-state index in [2.05, 4.69) is 25.7 Å². The van der Waals surface area contributed by atoms with E-state index >= 15 is 0 Å². The minimum Gasteiger partial charge on any atom is -0.357 e. The van der Waals surface area contributed by atoms with Crippen LogP contribution in [0.1, 0.15) is 0 Å². The third-order valence-corrected chi connectivity index (χ3v) is 1.85. The second-order valence-corrected chi connectivity index (χ2v) is 3.02. The molecule has 0 spiro atoms. The van der Waals surface area contributed by atoms with Crippen LogP contribution in [-0.4, -0.2) is 26.8 Å². The van der Waals surface area contributed by atoms with Crippen molar-refractivity contribution in [1.29, 1.82) is 0 Å². The molecule has 2 aromatic heterocycles. The first kappa shape index (κ1) is 9.45. The standard InChI is InChI=1S/C9H12N6/c1-10-9-11-5-3-7(13-9)12-8-4-6-15(2)14-8/h3-6H,1-2H3,(H2,10,11,12,13,14). The van der Waals surface area contributed by atoms with Gasteiger partial charge in [0.1, 0.15) is 5.82 Å². The van der Waals surface area contributed by atoms with Crippen LogP contribution in [0.3, 0.4) is 0 Å². The molecule has 2 rings (SSSR count). The van der Waals surface area contributed by atoms with Crippen LogP contribution in [0.5, 0.6) is 0 Å². The molecule has 6 nitrogen and oxygen atoms in total. The number of hydrogen-bond donors (Lipinski definition) is 2. The van der Waals surface area contributed by atoms with Crippen LogP contribution in [0, 0.1) is 0 Å². The van der Waals surface area contributed by atoms with Crippen molar-refractivity contribution in [3.8, 4) is 0 Å². The lowest BCUT2D eigenvalue weighted by Crippen LogP contribution is -2.00. The van der Waals surface area contributed by atoms with Gasteiger partial charge >= 0.3 is 0 Å². The fraction of sp³-hybridized carbons (Fsp3) is 0.222. The van der Waals surface area contributed by atoms with E-state index in [4.69, 9.17) is 0 Å². The topological polar surface area (TPSA) is 67.7 Å². The third kappa shape index (κ3) is 2.22. The Morgan fingerprint density at radius 2 is 2.13 bits per heavy atom. The van der Waals surface area contributed by atoms with Gasteiger partial charge in [-0.05, 0) is 6.07 Å². The molecule has 6 heteroatoms. The van der Waals surface area contributed by atoms with Gasteiger partial charge in [0.15, 0.2) is 5.82 Å². The molecule has 0 amide bonds. The lowest BCUT2D eigenvalue weighted by Gasteiger charge is -2.03. The van der Waals surface area contributed by atoms with Gasteiger partial charge in [-0.25, -0.2) is 4.98 Å². The predicted octanol–water partition coefficient (Wildman–Crippen LogP) is 0.995. The lowest BCUT2D eigenvalue weighted by molar-refractivity contribution is 0.771. The molecule has 0 radical (unpaired) electrons.